The SMILES string of the molecule is CCCc1nnc(N2C(=O)C3=C(C(=O)C4CC(C)CCC4O3)C2c2ccc(O)cc2)s1. The smallest absolute Gasteiger partial charge is 0.296 e. The molecule has 1 fully saturated rings. The quantitative estimate of drug-likeness (QED) is 0.776. The number of phenolic OH excluding ortho intramolecular Hbond substituents is 1. The minimum atomic E-state index is -0.629. The molecule has 31 heavy (non-hydrogen) atoms. The van der Waals surface area contributed by atoms with E-state index in [9.17, 15) is 14.7 Å². The molecule has 1 amide bonds. The molecule has 3 aliphatic rings. The van der Waals surface area contributed by atoms with E-state index in [1.165, 1.54) is 11.3 Å². The van der Waals surface area contributed by atoms with E-state index in [2.05, 4.69) is 24.0 Å². The highest BCUT2D eigenvalue weighted by atomic mass is 32.1. The van der Waals surface area contributed by atoms with Crippen LogP contribution < -0.4 is 4.90 Å². The summed E-state index contributed by atoms with van der Waals surface area (Å²) in [5.74, 6) is 0.187. The van der Waals surface area contributed by atoms with Gasteiger partial charge in [-0.05, 0) is 49.3 Å². The maximum Gasteiger partial charge on any atom is 0.296 e. The number of nitrogens with zero attached hydrogens (tertiary/aromatic N) is 3. The van der Waals surface area contributed by atoms with Crippen molar-refractivity contribution in [1.82, 2.24) is 10.2 Å². The van der Waals surface area contributed by atoms with Crippen LogP contribution in [0.3, 0.4) is 0 Å². The Morgan fingerprint density at radius 2 is 1.97 bits per heavy atom. The Kier molecular flexibility index (Phi) is 5.04. The van der Waals surface area contributed by atoms with Crippen LogP contribution in [0.2, 0.25) is 0 Å². The molecule has 1 saturated carbocycles. The predicted molar refractivity (Wildman–Crippen MR) is 116 cm³/mol. The normalized spacial score (nSPS) is 27.9. The molecule has 5 rings (SSSR count). The van der Waals surface area contributed by atoms with Gasteiger partial charge in [-0.3, -0.25) is 14.5 Å². The second-order valence-electron chi connectivity index (χ2n) is 8.69. The van der Waals surface area contributed by atoms with E-state index in [1.807, 2.05) is 0 Å². The fraction of sp³-hybridized carbons (Fsp3) is 0.478. The first-order valence-electron chi connectivity index (χ1n) is 10.9. The van der Waals surface area contributed by atoms with Gasteiger partial charge in [-0.1, -0.05) is 37.3 Å². The molecular formula is C23H25N3O4S. The molecule has 162 valence electrons. The molecule has 3 heterocycles. The molecule has 0 radical (unpaired) electrons. The fourth-order valence-electron chi connectivity index (χ4n) is 4.90. The second-order valence-corrected chi connectivity index (χ2v) is 9.73. The van der Waals surface area contributed by atoms with Crippen LogP contribution in [-0.2, 0) is 20.7 Å². The molecule has 2 aliphatic heterocycles. The lowest BCUT2D eigenvalue weighted by Gasteiger charge is -2.37. The summed E-state index contributed by atoms with van der Waals surface area (Å²) in [4.78, 5) is 28.7. The van der Waals surface area contributed by atoms with Crippen molar-refractivity contribution >= 4 is 28.2 Å². The first-order chi connectivity index (χ1) is 15.0. The van der Waals surface area contributed by atoms with E-state index >= 15 is 0 Å². The number of phenols is 1. The van der Waals surface area contributed by atoms with Crippen LogP contribution in [0.1, 0.15) is 56.1 Å². The third-order valence-corrected chi connectivity index (χ3v) is 7.43. The highest BCUT2D eigenvalue weighted by Gasteiger charge is 2.53. The molecule has 1 aromatic heterocycles. The van der Waals surface area contributed by atoms with Crippen LogP contribution in [0.4, 0.5) is 5.13 Å². The number of aromatic nitrogens is 2. The monoisotopic (exact) mass is 439 g/mol. The predicted octanol–water partition coefficient (Wildman–Crippen LogP) is 3.94. The van der Waals surface area contributed by atoms with Gasteiger partial charge < -0.3 is 9.84 Å². The number of amides is 1. The number of ether oxygens (including phenoxy) is 1. The number of aromatic hydroxyl groups is 1. The molecule has 4 unspecified atom stereocenters. The van der Waals surface area contributed by atoms with E-state index in [1.54, 1.807) is 29.2 Å². The highest BCUT2D eigenvalue weighted by molar-refractivity contribution is 7.15. The number of aryl methyl sites for hydroxylation is 1. The van der Waals surface area contributed by atoms with Gasteiger partial charge in [0, 0.05) is 6.42 Å². The number of carbonyl (C=O) groups excluding carboxylic acids is 2. The molecule has 1 N–H and O–H groups in total. The minimum absolute atomic E-state index is 0.00465. The summed E-state index contributed by atoms with van der Waals surface area (Å²) in [6, 6.07) is 5.99. The molecule has 8 heteroatoms. The summed E-state index contributed by atoms with van der Waals surface area (Å²) < 4.78 is 6.20. The Balaban J connectivity index is 1.61. The van der Waals surface area contributed by atoms with E-state index in [0.29, 0.717) is 16.6 Å². The Morgan fingerprint density at radius 3 is 2.71 bits per heavy atom. The molecule has 1 aromatic carbocycles. The largest absolute Gasteiger partial charge is 0.508 e. The Labute approximate surface area is 184 Å². The van der Waals surface area contributed by atoms with Crippen LogP contribution in [0.15, 0.2) is 35.6 Å². The molecule has 1 aliphatic carbocycles. The van der Waals surface area contributed by atoms with Crippen molar-refractivity contribution < 1.29 is 19.4 Å². The Bertz CT molecular complexity index is 1060. The zero-order valence-electron chi connectivity index (χ0n) is 17.6. The summed E-state index contributed by atoms with van der Waals surface area (Å²) in [7, 11) is 0. The third-order valence-electron chi connectivity index (χ3n) is 6.44. The number of ketones is 1. The lowest BCUT2D eigenvalue weighted by molar-refractivity contribution is -0.132. The number of benzene rings is 1. The summed E-state index contributed by atoms with van der Waals surface area (Å²) in [6.07, 6.45) is 4.03. The van der Waals surface area contributed by atoms with E-state index in [4.69, 9.17) is 4.74 Å². The summed E-state index contributed by atoms with van der Waals surface area (Å²) in [5, 5.41) is 19.6. The third kappa shape index (κ3) is 3.33. The van der Waals surface area contributed by atoms with Gasteiger partial charge in [0.25, 0.3) is 5.91 Å². The van der Waals surface area contributed by atoms with Gasteiger partial charge in [0.2, 0.25) is 5.13 Å². The lowest BCUT2D eigenvalue weighted by atomic mass is 9.74. The van der Waals surface area contributed by atoms with Crippen molar-refractivity contribution in [1.29, 1.82) is 0 Å². The number of hydrogen-bond donors (Lipinski definition) is 1. The van der Waals surface area contributed by atoms with Crippen LogP contribution in [0.5, 0.6) is 5.75 Å². The van der Waals surface area contributed by atoms with Crippen molar-refractivity contribution in [3.05, 3.63) is 46.2 Å². The zero-order chi connectivity index (χ0) is 21.7. The van der Waals surface area contributed by atoms with Gasteiger partial charge in [0.15, 0.2) is 11.5 Å². The maximum absolute atomic E-state index is 13.7. The van der Waals surface area contributed by atoms with Crippen LogP contribution in [-0.4, -0.2) is 33.1 Å². The molecule has 0 saturated heterocycles. The number of anilines is 1. The van der Waals surface area contributed by atoms with Crippen molar-refractivity contribution in [2.45, 2.75) is 58.1 Å². The topological polar surface area (TPSA) is 92.6 Å². The molecule has 4 atom stereocenters. The highest BCUT2D eigenvalue weighted by Crippen LogP contribution is 2.49. The van der Waals surface area contributed by atoms with Gasteiger partial charge in [0.1, 0.15) is 16.9 Å². The first kappa shape index (κ1) is 20.2. The molecule has 2 aromatic rings. The minimum Gasteiger partial charge on any atom is -0.508 e. The molecule has 0 bridgehead atoms. The van der Waals surface area contributed by atoms with Gasteiger partial charge in [0.05, 0.1) is 17.5 Å². The van der Waals surface area contributed by atoms with E-state index in [0.717, 1.165) is 42.7 Å². The number of hydrogen-bond acceptors (Lipinski definition) is 7. The van der Waals surface area contributed by atoms with Gasteiger partial charge in [-0.2, -0.15) is 0 Å². The van der Waals surface area contributed by atoms with Crippen molar-refractivity contribution in [2.75, 3.05) is 4.90 Å². The maximum atomic E-state index is 13.7. The average Bonchev–Trinajstić information content (AvgIpc) is 3.32. The van der Waals surface area contributed by atoms with Crippen LogP contribution >= 0.6 is 11.3 Å². The standard InChI is InChI=1S/C23H25N3O4S/c1-3-4-17-24-25-23(31-17)26-19(13-6-8-14(27)9-7-13)18-20(28)15-11-12(2)5-10-16(15)30-21(18)22(26)29/h6-9,12,15-16,19,27H,3-5,10-11H2,1-2H3. The number of rotatable bonds is 4. The van der Waals surface area contributed by atoms with Gasteiger partial charge in [-0.15, -0.1) is 10.2 Å². The van der Waals surface area contributed by atoms with Crippen molar-refractivity contribution in [2.24, 2.45) is 11.8 Å². The number of Topliss-reactive ketones (excluding diaryl/α,β-unsaturated/α-hetero) is 1. The second kappa shape index (κ2) is 7.75. The zero-order valence-corrected chi connectivity index (χ0v) is 18.4. The summed E-state index contributed by atoms with van der Waals surface area (Å²) in [6.45, 7) is 4.23. The van der Waals surface area contributed by atoms with Crippen LogP contribution in [0, 0.1) is 11.8 Å². The van der Waals surface area contributed by atoms with Gasteiger partial charge >= 0.3 is 0 Å². The fourth-order valence-corrected chi connectivity index (χ4v) is 5.87. The van der Waals surface area contributed by atoms with Gasteiger partial charge in [-0.25, -0.2) is 0 Å². The Morgan fingerprint density at radius 1 is 1.19 bits per heavy atom. The van der Waals surface area contributed by atoms with Crippen molar-refractivity contribution in [3.8, 4) is 5.75 Å². The molecular weight excluding hydrogens is 414 g/mol. The van der Waals surface area contributed by atoms with Crippen molar-refractivity contribution in [3.63, 3.8) is 0 Å². The summed E-state index contributed by atoms with van der Waals surface area (Å²) >= 11 is 1.37. The summed E-state index contributed by atoms with van der Waals surface area (Å²) in [5.41, 5.74) is 1.15. The lowest BCUT2D eigenvalue weighted by Crippen LogP contribution is -2.41. The number of fused-ring (bicyclic) bond motifs is 1. The average molecular weight is 440 g/mol. The first-order valence-corrected chi connectivity index (χ1v) is 11.7. The van der Waals surface area contributed by atoms with Crippen LogP contribution in [0.25, 0.3) is 0 Å². The Hall–Kier alpha value is -2.74. The number of carbonyl (C=O) groups is 2. The molecule has 0 spiro atoms. The van der Waals surface area contributed by atoms with E-state index < -0.39 is 6.04 Å². The van der Waals surface area contributed by atoms with E-state index in [-0.39, 0.29) is 35.2 Å². The molecule has 7 nitrogen and oxygen atoms in total.